The van der Waals surface area contributed by atoms with E-state index in [9.17, 15) is 9.59 Å². The number of anilines is 1. The van der Waals surface area contributed by atoms with Gasteiger partial charge in [0.25, 0.3) is 0 Å². The number of amides is 2. The van der Waals surface area contributed by atoms with Crippen molar-refractivity contribution in [2.24, 2.45) is 5.73 Å². The maximum Gasteiger partial charge on any atom is 0.237 e. The van der Waals surface area contributed by atoms with Crippen molar-refractivity contribution in [2.75, 3.05) is 11.1 Å². The lowest BCUT2D eigenvalue weighted by Crippen LogP contribution is -2.22. The van der Waals surface area contributed by atoms with Gasteiger partial charge < -0.3 is 11.1 Å². The van der Waals surface area contributed by atoms with Crippen LogP contribution in [-0.2, 0) is 9.59 Å². The second-order valence-corrected chi connectivity index (χ2v) is 8.57. The number of nitrogens with two attached hydrogens (primary N) is 1. The van der Waals surface area contributed by atoms with Crippen LogP contribution in [0.1, 0.15) is 6.92 Å². The van der Waals surface area contributed by atoms with Crippen molar-refractivity contribution in [1.82, 2.24) is 10.2 Å². The van der Waals surface area contributed by atoms with E-state index in [0.29, 0.717) is 19.4 Å². The summed E-state index contributed by atoms with van der Waals surface area (Å²) >= 11 is 9.67. The highest BCUT2D eigenvalue weighted by atomic mass is 35.5. The van der Waals surface area contributed by atoms with E-state index in [1.807, 2.05) is 0 Å². The van der Waals surface area contributed by atoms with E-state index in [1.54, 1.807) is 31.2 Å². The molecular formula is C13H13ClN4O2S3. The summed E-state index contributed by atoms with van der Waals surface area (Å²) in [6, 6.07) is 6.90. The van der Waals surface area contributed by atoms with Crippen LogP contribution in [0.5, 0.6) is 0 Å². The molecule has 10 heteroatoms. The number of halogens is 1. The molecule has 0 fully saturated rings. The van der Waals surface area contributed by atoms with Gasteiger partial charge in [-0.25, -0.2) is 0 Å². The molecule has 0 aliphatic heterocycles. The van der Waals surface area contributed by atoms with E-state index in [2.05, 4.69) is 15.5 Å². The Kier molecular flexibility index (Phi) is 6.70. The Hall–Kier alpha value is -1.29. The Morgan fingerprint density at radius 1 is 1.30 bits per heavy atom. The monoisotopic (exact) mass is 388 g/mol. The van der Waals surface area contributed by atoms with Crippen LogP contribution in [0.4, 0.5) is 5.69 Å². The minimum absolute atomic E-state index is 0.140. The van der Waals surface area contributed by atoms with E-state index in [4.69, 9.17) is 17.3 Å². The molecule has 23 heavy (non-hydrogen) atoms. The largest absolute Gasteiger partial charge is 0.369 e. The number of hydrogen-bond donors (Lipinski definition) is 2. The summed E-state index contributed by atoms with van der Waals surface area (Å²) in [5.41, 5.74) is 5.76. The van der Waals surface area contributed by atoms with Crippen molar-refractivity contribution in [3.05, 3.63) is 29.3 Å². The van der Waals surface area contributed by atoms with Crippen molar-refractivity contribution in [2.45, 2.75) is 20.9 Å². The van der Waals surface area contributed by atoms with Gasteiger partial charge in [-0.15, -0.1) is 10.2 Å². The number of thioether (sulfide) groups is 2. The highest BCUT2D eigenvalue weighted by molar-refractivity contribution is 8.04. The van der Waals surface area contributed by atoms with E-state index in [0.717, 1.165) is 0 Å². The molecule has 0 saturated heterocycles. The molecule has 1 aromatic carbocycles. The zero-order valence-corrected chi connectivity index (χ0v) is 15.2. The molecule has 2 amide bonds. The molecule has 1 aromatic heterocycles. The molecule has 0 radical (unpaired) electrons. The van der Waals surface area contributed by atoms with Gasteiger partial charge in [-0.3, -0.25) is 9.59 Å². The molecule has 0 aliphatic carbocycles. The molecule has 6 nitrogen and oxygen atoms in total. The summed E-state index contributed by atoms with van der Waals surface area (Å²) in [5, 5.41) is 11.0. The van der Waals surface area contributed by atoms with Gasteiger partial charge in [-0.1, -0.05) is 46.5 Å². The summed E-state index contributed by atoms with van der Waals surface area (Å²) in [5.74, 6) is -0.389. The maximum absolute atomic E-state index is 12.1. The number of primary amides is 1. The first-order chi connectivity index (χ1) is 10.9. The number of rotatable bonds is 7. The average molecular weight is 389 g/mol. The van der Waals surface area contributed by atoms with Crippen LogP contribution in [0.15, 0.2) is 32.9 Å². The van der Waals surface area contributed by atoms with Crippen LogP contribution in [0, 0.1) is 0 Å². The lowest BCUT2D eigenvalue weighted by atomic mass is 10.3. The van der Waals surface area contributed by atoms with Crippen LogP contribution in [0.3, 0.4) is 0 Å². The molecule has 0 saturated carbocycles. The smallest absolute Gasteiger partial charge is 0.237 e. The predicted octanol–water partition coefficient (Wildman–Crippen LogP) is 2.89. The third kappa shape index (κ3) is 6.02. The second kappa shape index (κ2) is 8.53. The van der Waals surface area contributed by atoms with Gasteiger partial charge in [-0.05, 0) is 31.2 Å². The Balaban J connectivity index is 1.88. The fourth-order valence-corrected chi connectivity index (χ4v) is 4.45. The number of nitrogens with zero attached hydrogens (tertiary/aromatic N) is 2. The summed E-state index contributed by atoms with van der Waals surface area (Å²) in [4.78, 5) is 22.9. The number of carbonyl (C=O) groups excluding carboxylic acids is 2. The third-order valence-corrected chi connectivity index (χ3v) is 6.00. The van der Waals surface area contributed by atoms with E-state index in [-0.39, 0.29) is 16.9 Å². The summed E-state index contributed by atoms with van der Waals surface area (Å²) in [7, 11) is 0. The first kappa shape index (κ1) is 18.1. The van der Waals surface area contributed by atoms with Crippen LogP contribution in [0.25, 0.3) is 0 Å². The lowest BCUT2D eigenvalue weighted by Gasteiger charge is -2.10. The highest BCUT2D eigenvalue weighted by Gasteiger charge is 2.17. The fraction of sp³-hybridized carbons (Fsp3) is 0.231. The van der Waals surface area contributed by atoms with Gasteiger partial charge in [0.2, 0.25) is 11.8 Å². The molecule has 0 aliphatic rings. The zero-order chi connectivity index (χ0) is 16.8. The molecule has 0 unspecified atom stereocenters. The molecule has 1 heterocycles. The normalized spacial score (nSPS) is 11.9. The maximum atomic E-state index is 12.1. The number of benzene rings is 1. The third-order valence-electron chi connectivity index (χ3n) is 2.48. The first-order valence-corrected chi connectivity index (χ1v) is 9.47. The van der Waals surface area contributed by atoms with Crippen LogP contribution in [0.2, 0.25) is 5.02 Å². The summed E-state index contributed by atoms with van der Waals surface area (Å²) in [6.07, 6.45) is 0. The van der Waals surface area contributed by atoms with Crippen molar-refractivity contribution < 1.29 is 9.59 Å². The summed E-state index contributed by atoms with van der Waals surface area (Å²) in [6.45, 7) is 1.79. The van der Waals surface area contributed by atoms with E-state index < -0.39 is 5.91 Å². The van der Waals surface area contributed by atoms with E-state index >= 15 is 0 Å². The Morgan fingerprint density at radius 2 is 1.96 bits per heavy atom. The second-order valence-electron chi connectivity index (χ2n) is 4.35. The van der Waals surface area contributed by atoms with Gasteiger partial charge in [0, 0.05) is 10.7 Å². The minimum atomic E-state index is -0.407. The van der Waals surface area contributed by atoms with Gasteiger partial charge in [0.1, 0.15) is 0 Å². The molecule has 3 N–H and O–H groups in total. The number of carbonyl (C=O) groups is 2. The standard InChI is InChI=1S/C13H13ClN4O2S3/c1-7(11(20)16-9-4-2-8(14)3-5-9)22-13-18-17-12(23-13)21-6-10(15)19/h2-5,7H,6H2,1H3,(H2,15,19)(H,16,20)/t7-/m0/s1. The average Bonchev–Trinajstić information content (AvgIpc) is 2.95. The Bertz CT molecular complexity index is 693. The molecule has 122 valence electrons. The summed E-state index contributed by atoms with van der Waals surface area (Å²) < 4.78 is 1.31. The SMILES string of the molecule is C[C@H](Sc1nnc(SCC(N)=O)s1)C(=O)Nc1ccc(Cl)cc1. The van der Waals surface area contributed by atoms with Crippen molar-refractivity contribution in [3.63, 3.8) is 0 Å². The Labute approximate surface area is 150 Å². The van der Waals surface area contributed by atoms with Crippen LogP contribution >= 0.6 is 46.5 Å². The quantitative estimate of drug-likeness (QED) is 0.707. The molecule has 0 spiro atoms. The molecule has 2 rings (SSSR count). The number of hydrogen-bond acceptors (Lipinski definition) is 7. The van der Waals surface area contributed by atoms with Crippen LogP contribution < -0.4 is 11.1 Å². The number of aromatic nitrogens is 2. The zero-order valence-electron chi connectivity index (χ0n) is 12.0. The van der Waals surface area contributed by atoms with Crippen molar-refractivity contribution >= 4 is 64.0 Å². The van der Waals surface area contributed by atoms with Crippen LogP contribution in [-0.4, -0.2) is 33.0 Å². The van der Waals surface area contributed by atoms with E-state index in [1.165, 1.54) is 34.9 Å². The lowest BCUT2D eigenvalue weighted by molar-refractivity contribution is -0.116. The van der Waals surface area contributed by atoms with Gasteiger partial charge in [0.05, 0.1) is 11.0 Å². The first-order valence-electron chi connectivity index (χ1n) is 6.41. The van der Waals surface area contributed by atoms with Gasteiger partial charge >= 0.3 is 0 Å². The number of nitrogens with one attached hydrogen (secondary N) is 1. The van der Waals surface area contributed by atoms with Crippen molar-refractivity contribution in [3.8, 4) is 0 Å². The molecule has 2 aromatic rings. The molecule has 1 atom stereocenters. The Morgan fingerprint density at radius 3 is 2.61 bits per heavy atom. The highest BCUT2D eigenvalue weighted by Crippen LogP contribution is 2.31. The molecule has 0 bridgehead atoms. The predicted molar refractivity (Wildman–Crippen MR) is 95.2 cm³/mol. The fourth-order valence-electron chi connectivity index (χ4n) is 1.42. The topological polar surface area (TPSA) is 98.0 Å². The minimum Gasteiger partial charge on any atom is -0.369 e. The van der Waals surface area contributed by atoms with Crippen molar-refractivity contribution in [1.29, 1.82) is 0 Å². The van der Waals surface area contributed by atoms with Gasteiger partial charge in [-0.2, -0.15) is 0 Å². The van der Waals surface area contributed by atoms with Gasteiger partial charge in [0.15, 0.2) is 8.68 Å². The molecular weight excluding hydrogens is 376 g/mol.